The van der Waals surface area contributed by atoms with Gasteiger partial charge in [-0.25, -0.2) is 9.18 Å². The van der Waals surface area contributed by atoms with Crippen molar-refractivity contribution in [3.05, 3.63) is 75.9 Å². The van der Waals surface area contributed by atoms with Crippen LogP contribution >= 0.6 is 0 Å². The van der Waals surface area contributed by atoms with Crippen molar-refractivity contribution in [3.63, 3.8) is 0 Å². The van der Waals surface area contributed by atoms with Crippen molar-refractivity contribution in [1.29, 1.82) is 0 Å². The summed E-state index contributed by atoms with van der Waals surface area (Å²) in [7, 11) is 0. The van der Waals surface area contributed by atoms with Gasteiger partial charge in [-0.05, 0) is 86.6 Å². The van der Waals surface area contributed by atoms with Crippen LogP contribution < -0.4 is 11.1 Å². The molecule has 9 nitrogen and oxygen atoms in total. The Morgan fingerprint density at radius 3 is 2.44 bits per heavy atom. The molecule has 0 bridgehead atoms. The number of carbonyl (C=O) groups is 2. The number of aromatic nitrogens is 4. The highest BCUT2D eigenvalue weighted by Crippen LogP contribution is 2.46. The second-order valence-electron chi connectivity index (χ2n) is 9.36. The molecule has 1 aromatic heterocycles. The molecule has 3 aromatic rings. The molecule has 2 aromatic carbocycles. The molecule has 0 saturated heterocycles. The average molecular weight is 467 g/mol. The number of alkyl carbamates (subject to hydrolysis) is 1. The Balaban J connectivity index is 1.88. The highest BCUT2D eigenvalue weighted by molar-refractivity contribution is 5.93. The molecule has 4 rings (SSSR count). The SMILES string of the molecule is CC(C)(C)OC(=O)NCCC1(c2nn[nH]n2)c2cc(F)ccc2CCc2ccc(C(N)=O)cc21. The largest absolute Gasteiger partial charge is 0.444 e. The quantitative estimate of drug-likeness (QED) is 0.529. The second kappa shape index (κ2) is 8.85. The lowest BCUT2D eigenvalue weighted by Gasteiger charge is -2.34. The summed E-state index contributed by atoms with van der Waals surface area (Å²) in [5.74, 6) is -0.697. The number of amides is 2. The number of hydrogen-bond acceptors (Lipinski definition) is 6. The average Bonchev–Trinajstić information content (AvgIpc) is 3.26. The standard InChI is InChI=1S/C24H27FN6O3/c1-23(2,3)34-22(33)27-11-10-24(21-28-30-31-29-21)18-12-16(20(26)32)7-6-14(18)4-5-15-8-9-17(25)13-19(15)24/h6-9,12-13H,4-5,10-11H2,1-3H3,(H2,26,32)(H,27,33)(H,28,29,30,31). The number of nitrogens with two attached hydrogens (primary N) is 1. The number of hydrogen-bond donors (Lipinski definition) is 3. The maximum absolute atomic E-state index is 14.6. The first-order valence-corrected chi connectivity index (χ1v) is 11.0. The summed E-state index contributed by atoms with van der Waals surface area (Å²) in [5.41, 5.74) is 7.38. The lowest BCUT2D eigenvalue weighted by atomic mass is 9.69. The van der Waals surface area contributed by atoms with Crippen LogP contribution in [0.25, 0.3) is 0 Å². The van der Waals surface area contributed by atoms with E-state index in [1.54, 1.807) is 39.0 Å². The Morgan fingerprint density at radius 1 is 1.15 bits per heavy atom. The van der Waals surface area contributed by atoms with Crippen molar-refractivity contribution in [2.24, 2.45) is 5.73 Å². The lowest BCUT2D eigenvalue weighted by Crippen LogP contribution is -2.39. The Morgan fingerprint density at radius 2 is 1.82 bits per heavy atom. The number of halogens is 1. The fraction of sp³-hybridized carbons (Fsp3) is 0.375. The number of fused-ring (bicyclic) bond motifs is 2. The molecule has 1 aliphatic carbocycles. The van der Waals surface area contributed by atoms with Crippen LogP contribution in [0.15, 0.2) is 36.4 Å². The zero-order chi connectivity index (χ0) is 24.5. The number of rotatable bonds is 5. The van der Waals surface area contributed by atoms with Gasteiger partial charge in [0.2, 0.25) is 5.91 Å². The minimum Gasteiger partial charge on any atom is -0.444 e. The predicted molar refractivity (Wildman–Crippen MR) is 122 cm³/mol. The second-order valence-corrected chi connectivity index (χ2v) is 9.36. The first-order chi connectivity index (χ1) is 16.1. The van der Waals surface area contributed by atoms with Gasteiger partial charge in [-0.3, -0.25) is 4.79 Å². The molecule has 1 atom stereocenters. The number of tetrazole rings is 1. The summed E-state index contributed by atoms with van der Waals surface area (Å²) < 4.78 is 20.0. The summed E-state index contributed by atoms with van der Waals surface area (Å²) in [5, 5.41) is 17.6. The molecule has 4 N–H and O–H groups in total. The number of ether oxygens (including phenoxy) is 1. The Bertz CT molecular complexity index is 1220. The fourth-order valence-electron chi connectivity index (χ4n) is 4.55. The zero-order valence-corrected chi connectivity index (χ0v) is 19.3. The van der Waals surface area contributed by atoms with E-state index in [4.69, 9.17) is 10.5 Å². The van der Waals surface area contributed by atoms with E-state index in [1.165, 1.54) is 12.1 Å². The predicted octanol–water partition coefficient (Wildman–Crippen LogP) is 2.79. The van der Waals surface area contributed by atoms with Gasteiger partial charge in [0.15, 0.2) is 5.82 Å². The van der Waals surface area contributed by atoms with Gasteiger partial charge in [-0.15, -0.1) is 10.2 Å². The van der Waals surface area contributed by atoms with Crippen molar-refractivity contribution in [3.8, 4) is 0 Å². The van der Waals surface area contributed by atoms with Crippen molar-refractivity contribution >= 4 is 12.0 Å². The van der Waals surface area contributed by atoms with Crippen LogP contribution in [0.2, 0.25) is 0 Å². The van der Waals surface area contributed by atoms with E-state index >= 15 is 0 Å². The molecular formula is C24H27FN6O3. The number of H-pyrrole nitrogens is 1. The number of primary amides is 1. The summed E-state index contributed by atoms with van der Waals surface area (Å²) in [6, 6.07) is 9.88. The van der Waals surface area contributed by atoms with Crippen molar-refractivity contribution in [2.75, 3.05) is 6.54 Å². The van der Waals surface area contributed by atoms with Crippen molar-refractivity contribution in [2.45, 2.75) is 51.0 Å². The summed E-state index contributed by atoms with van der Waals surface area (Å²) >= 11 is 0. The molecule has 0 saturated carbocycles. The van der Waals surface area contributed by atoms with E-state index in [0.717, 1.165) is 16.7 Å². The van der Waals surface area contributed by atoms with E-state index in [9.17, 15) is 14.0 Å². The highest BCUT2D eigenvalue weighted by Gasteiger charge is 2.44. The van der Waals surface area contributed by atoms with Gasteiger partial charge < -0.3 is 15.8 Å². The van der Waals surface area contributed by atoms with Gasteiger partial charge in [0, 0.05) is 12.1 Å². The molecule has 178 valence electrons. The number of benzene rings is 2. The van der Waals surface area contributed by atoms with Gasteiger partial charge >= 0.3 is 6.09 Å². The Kier molecular flexibility index (Phi) is 6.07. The molecule has 1 heterocycles. The van der Waals surface area contributed by atoms with Crippen LogP contribution in [0.3, 0.4) is 0 Å². The molecule has 0 aliphatic heterocycles. The van der Waals surface area contributed by atoms with E-state index < -0.39 is 28.8 Å². The Hall–Kier alpha value is -3.82. The molecule has 10 heteroatoms. The van der Waals surface area contributed by atoms with Gasteiger partial charge in [0.05, 0.1) is 5.41 Å². The number of aromatic amines is 1. The fourth-order valence-corrected chi connectivity index (χ4v) is 4.55. The molecular weight excluding hydrogens is 439 g/mol. The number of nitrogens with one attached hydrogen (secondary N) is 2. The van der Waals surface area contributed by atoms with Crippen LogP contribution in [-0.2, 0) is 23.0 Å². The van der Waals surface area contributed by atoms with Crippen LogP contribution in [0.1, 0.15) is 65.6 Å². The summed E-state index contributed by atoms with van der Waals surface area (Å²) in [6.07, 6.45) is 0.996. The Labute approximate surface area is 196 Å². The third kappa shape index (κ3) is 4.48. The molecule has 0 fully saturated rings. The molecule has 0 radical (unpaired) electrons. The van der Waals surface area contributed by atoms with Gasteiger partial charge in [0.1, 0.15) is 11.4 Å². The third-order valence-corrected chi connectivity index (χ3v) is 5.94. The summed E-state index contributed by atoms with van der Waals surface area (Å²) in [4.78, 5) is 24.4. The van der Waals surface area contributed by atoms with E-state index in [1.807, 2.05) is 6.07 Å². The minimum absolute atomic E-state index is 0.166. The van der Waals surface area contributed by atoms with E-state index in [0.29, 0.717) is 29.8 Å². The number of aryl methyl sites for hydroxylation is 2. The monoisotopic (exact) mass is 466 g/mol. The van der Waals surface area contributed by atoms with Crippen LogP contribution in [0, 0.1) is 5.82 Å². The number of nitrogens with zero attached hydrogens (tertiary/aromatic N) is 3. The first kappa shape index (κ1) is 23.3. The highest BCUT2D eigenvalue weighted by atomic mass is 19.1. The van der Waals surface area contributed by atoms with Gasteiger partial charge in [-0.2, -0.15) is 5.21 Å². The maximum Gasteiger partial charge on any atom is 0.407 e. The van der Waals surface area contributed by atoms with Gasteiger partial charge in [-0.1, -0.05) is 17.3 Å². The van der Waals surface area contributed by atoms with Crippen LogP contribution in [-0.4, -0.2) is 44.8 Å². The topological polar surface area (TPSA) is 136 Å². The van der Waals surface area contributed by atoms with Crippen molar-refractivity contribution in [1.82, 2.24) is 25.9 Å². The minimum atomic E-state index is -1.10. The molecule has 34 heavy (non-hydrogen) atoms. The molecule has 0 spiro atoms. The lowest BCUT2D eigenvalue weighted by molar-refractivity contribution is 0.0525. The van der Waals surface area contributed by atoms with Crippen LogP contribution in [0.4, 0.5) is 9.18 Å². The first-order valence-electron chi connectivity index (χ1n) is 11.0. The van der Waals surface area contributed by atoms with E-state index in [-0.39, 0.29) is 13.0 Å². The van der Waals surface area contributed by atoms with Gasteiger partial charge in [0.25, 0.3) is 0 Å². The van der Waals surface area contributed by atoms with E-state index in [2.05, 4.69) is 25.9 Å². The zero-order valence-electron chi connectivity index (χ0n) is 19.3. The van der Waals surface area contributed by atoms with Crippen LogP contribution in [0.5, 0.6) is 0 Å². The molecule has 1 aliphatic rings. The third-order valence-electron chi connectivity index (χ3n) is 5.94. The normalized spacial score (nSPS) is 17.3. The van der Waals surface area contributed by atoms with Crippen molar-refractivity contribution < 1.29 is 18.7 Å². The molecule has 2 amide bonds. The smallest absolute Gasteiger partial charge is 0.407 e. The molecule has 1 unspecified atom stereocenters. The summed E-state index contributed by atoms with van der Waals surface area (Å²) in [6.45, 7) is 5.50. The maximum atomic E-state index is 14.6. The number of carbonyl (C=O) groups excluding carboxylic acids is 2.